The molecule has 1 unspecified atom stereocenters. The smallest absolute Gasteiger partial charge is 0.373 e. The van der Waals surface area contributed by atoms with E-state index >= 15 is 0 Å². The first-order chi connectivity index (χ1) is 8.18. The van der Waals surface area contributed by atoms with Gasteiger partial charge < -0.3 is 5.11 Å². The third kappa shape index (κ3) is 2.71. The molecule has 0 aromatic heterocycles. The summed E-state index contributed by atoms with van der Waals surface area (Å²) in [5.74, 6) is -2.01. The number of hydrogen-bond donors (Lipinski definition) is 1. The van der Waals surface area contributed by atoms with Crippen molar-refractivity contribution in [2.45, 2.75) is 25.4 Å². The lowest BCUT2D eigenvalue weighted by Gasteiger charge is -2.21. The Morgan fingerprint density at radius 2 is 2.00 bits per heavy atom. The van der Waals surface area contributed by atoms with Gasteiger partial charge in [-0.15, -0.1) is 0 Å². The molecule has 1 aliphatic heterocycles. The zero-order valence-electron chi connectivity index (χ0n) is 9.50. The van der Waals surface area contributed by atoms with Crippen molar-refractivity contribution >= 4 is 11.8 Å². The Labute approximate surface area is 99.9 Å². The Balaban J connectivity index is 2.05. The van der Waals surface area contributed by atoms with Gasteiger partial charge in [0.2, 0.25) is 0 Å². The van der Waals surface area contributed by atoms with Crippen LogP contribution in [0.2, 0.25) is 0 Å². The summed E-state index contributed by atoms with van der Waals surface area (Å²) in [7, 11) is 0. The minimum atomic E-state index is -1.32. The molecular weight excluding hydrogens is 218 g/mol. The fourth-order valence-electron chi connectivity index (χ4n) is 2.27. The van der Waals surface area contributed by atoms with Gasteiger partial charge in [-0.1, -0.05) is 30.3 Å². The number of nitrogens with zero attached hydrogens (tertiary/aromatic N) is 1. The molecule has 90 valence electrons. The number of carbonyl (C=O) groups excluding carboxylic acids is 1. The molecule has 0 spiro atoms. The van der Waals surface area contributed by atoms with E-state index in [9.17, 15) is 9.59 Å². The predicted molar refractivity (Wildman–Crippen MR) is 62.5 cm³/mol. The molecule has 1 aromatic rings. The molecule has 1 aromatic carbocycles. The van der Waals surface area contributed by atoms with Gasteiger partial charge >= 0.3 is 5.97 Å². The second-order valence-corrected chi connectivity index (χ2v) is 4.28. The van der Waals surface area contributed by atoms with E-state index in [2.05, 4.69) is 0 Å². The number of Topliss-reactive ketones (excluding diaryl/α,β-unsaturated/α-hetero) is 1. The molecule has 0 radical (unpaired) electrons. The van der Waals surface area contributed by atoms with Gasteiger partial charge in [0, 0.05) is 6.54 Å². The Morgan fingerprint density at radius 1 is 1.29 bits per heavy atom. The molecule has 0 aliphatic carbocycles. The van der Waals surface area contributed by atoms with E-state index < -0.39 is 17.8 Å². The molecule has 17 heavy (non-hydrogen) atoms. The van der Waals surface area contributed by atoms with Gasteiger partial charge in [-0.2, -0.15) is 0 Å². The largest absolute Gasteiger partial charge is 0.475 e. The zero-order chi connectivity index (χ0) is 12.3. The van der Waals surface area contributed by atoms with E-state index in [1.54, 1.807) is 0 Å². The van der Waals surface area contributed by atoms with Gasteiger partial charge in [0.25, 0.3) is 5.78 Å². The highest BCUT2D eigenvalue weighted by molar-refractivity contribution is 6.34. The first-order valence-corrected chi connectivity index (χ1v) is 5.73. The molecule has 0 saturated carbocycles. The van der Waals surface area contributed by atoms with Crippen molar-refractivity contribution in [3.63, 3.8) is 0 Å². The number of rotatable bonds is 4. The van der Waals surface area contributed by atoms with Crippen LogP contribution in [0.4, 0.5) is 0 Å². The lowest BCUT2D eigenvalue weighted by Crippen LogP contribution is -2.39. The predicted octanol–water partition coefficient (Wildman–Crippen LogP) is 1.30. The lowest BCUT2D eigenvalue weighted by atomic mass is 10.1. The summed E-state index contributed by atoms with van der Waals surface area (Å²) >= 11 is 0. The number of carbonyl (C=O) groups is 2. The molecule has 2 rings (SSSR count). The van der Waals surface area contributed by atoms with Crippen LogP contribution in [0.15, 0.2) is 30.3 Å². The third-order valence-electron chi connectivity index (χ3n) is 3.11. The number of hydrogen-bond acceptors (Lipinski definition) is 3. The van der Waals surface area contributed by atoms with E-state index in [1.807, 2.05) is 35.2 Å². The van der Waals surface area contributed by atoms with E-state index in [1.165, 1.54) is 0 Å². The summed E-state index contributed by atoms with van der Waals surface area (Å²) in [6.07, 6.45) is 1.54. The average Bonchev–Trinajstić information content (AvgIpc) is 2.77. The summed E-state index contributed by atoms with van der Waals surface area (Å²) in [6.45, 7) is 1.43. The number of likely N-dealkylation sites (tertiary alicyclic amines) is 1. The number of benzene rings is 1. The second kappa shape index (κ2) is 5.10. The molecule has 1 N–H and O–H groups in total. The molecule has 4 heteroatoms. The van der Waals surface area contributed by atoms with Crippen LogP contribution in [0.3, 0.4) is 0 Å². The summed E-state index contributed by atoms with van der Waals surface area (Å²) in [6, 6.07) is 9.35. The van der Waals surface area contributed by atoms with Crippen LogP contribution in [0.1, 0.15) is 18.4 Å². The highest BCUT2D eigenvalue weighted by Crippen LogP contribution is 2.20. The Morgan fingerprint density at radius 3 is 2.65 bits per heavy atom. The monoisotopic (exact) mass is 233 g/mol. The minimum absolute atomic E-state index is 0.451. The van der Waals surface area contributed by atoms with Crippen molar-refractivity contribution in [2.24, 2.45) is 0 Å². The molecule has 1 atom stereocenters. The highest BCUT2D eigenvalue weighted by atomic mass is 16.4. The Kier molecular flexibility index (Phi) is 3.54. The van der Waals surface area contributed by atoms with Crippen LogP contribution in [-0.2, 0) is 16.1 Å². The highest BCUT2D eigenvalue weighted by Gasteiger charge is 2.34. The molecular formula is C13H15NO3. The zero-order valence-corrected chi connectivity index (χ0v) is 9.50. The maximum absolute atomic E-state index is 11.5. The van der Waals surface area contributed by atoms with Crippen molar-refractivity contribution in [2.75, 3.05) is 6.54 Å². The number of carboxylic acid groups (broad SMARTS) is 1. The first-order valence-electron chi connectivity index (χ1n) is 5.73. The van der Waals surface area contributed by atoms with Crippen LogP contribution < -0.4 is 0 Å². The van der Waals surface area contributed by atoms with Crippen molar-refractivity contribution in [3.8, 4) is 0 Å². The number of carboxylic acids is 1. The summed E-state index contributed by atoms with van der Waals surface area (Å²) in [4.78, 5) is 24.2. The van der Waals surface area contributed by atoms with Crippen LogP contribution in [-0.4, -0.2) is 34.3 Å². The van der Waals surface area contributed by atoms with Crippen molar-refractivity contribution in [1.82, 2.24) is 4.90 Å². The second-order valence-electron chi connectivity index (χ2n) is 4.28. The molecule has 0 amide bonds. The fraction of sp³-hybridized carbons (Fsp3) is 0.385. The van der Waals surface area contributed by atoms with Gasteiger partial charge in [-0.3, -0.25) is 9.69 Å². The number of aliphatic carboxylic acids is 1. The molecule has 1 saturated heterocycles. The normalized spacial score (nSPS) is 20.4. The van der Waals surface area contributed by atoms with Gasteiger partial charge in [0.05, 0.1) is 6.04 Å². The summed E-state index contributed by atoms with van der Waals surface area (Å²) in [5.41, 5.74) is 1.11. The van der Waals surface area contributed by atoms with Crippen LogP contribution in [0, 0.1) is 0 Å². The molecule has 1 fully saturated rings. The Bertz CT molecular complexity index is 416. The molecule has 1 aliphatic rings. The standard InChI is InChI=1S/C13H15NO3/c15-12(13(16)17)11-7-4-8-14(11)9-10-5-2-1-3-6-10/h1-3,5-6,11H,4,7-9H2,(H,16,17). The maximum Gasteiger partial charge on any atom is 0.373 e. The summed E-state index contributed by atoms with van der Waals surface area (Å²) in [5, 5.41) is 8.75. The number of ketones is 1. The van der Waals surface area contributed by atoms with E-state index in [0.717, 1.165) is 18.5 Å². The Hall–Kier alpha value is -1.68. The van der Waals surface area contributed by atoms with Crippen LogP contribution in [0.25, 0.3) is 0 Å². The SMILES string of the molecule is O=C(O)C(=O)C1CCCN1Cc1ccccc1. The third-order valence-corrected chi connectivity index (χ3v) is 3.11. The average molecular weight is 233 g/mol. The van der Waals surface area contributed by atoms with Crippen LogP contribution >= 0.6 is 0 Å². The van der Waals surface area contributed by atoms with E-state index in [4.69, 9.17) is 5.11 Å². The van der Waals surface area contributed by atoms with Gasteiger partial charge in [0.15, 0.2) is 0 Å². The first kappa shape index (κ1) is 11.8. The van der Waals surface area contributed by atoms with Crippen LogP contribution in [0.5, 0.6) is 0 Å². The minimum Gasteiger partial charge on any atom is -0.475 e. The molecule has 4 nitrogen and oxygen atoms in total. The summed E-state index contributed by atoms with van der Waals surface area (Å²) < 4.78 is 0. The van der Waals surface area contributed by atoms with Gasteiger partial charge in [0.1, 0.15) is 0 Å². The van der Waals surface area contributed by atoms with E-state index in [-0.39, 0.29) is 0 Å². The molecule has 0 bridgehead atoms. The fourth-order valence-corrected chi connectivity index (χ4v) is 2.27. The van der Waals surface area contributed by atoms with E-state index in [0.29, 0.717) is 13.0 Å². The lowest BCUT2D eigenvalue weighted by molar-refractivity contribution is -0.151. The van der Waals surface area contributed by atoms with Crippen molar-refractivity contribution in [3.05, 3.63) is 35.9 Å². The quantitative estimate of drug-likeness (QED) is 0.796. The molecule has 1 heterocycles. The van der Waals surface area contributed by atoms with Gasteiger partial charge in [-0.05, 0) is 24.9 Å². The maximum atomic E-state index is 11.5. The van der Waals surface area contributed by atoms with Gasteiger partial charge in [-0.25, -0.2) is 4.79 Å². The topological polar surface area (TPSA) is 57.6 Å². The van der Waals surface area contributed by atoms with Crippen molar-refractivity contribution in [1.29, 1.82) is 0 Å². The van der Waals surface area contributed by atoms with Crippen molar-refractivity contribution < 1.29 is 14.7 Å².